The van der Waals surface area contributed by atoms with Gasteiger partial charge in [0.2, 0.25) is 11.3 Å². The predicted molar refractivity (Wildman–Crippen MR) is 136 cm³/mol. The van der Waals surface area contributed by atoms with Gasteiger partial charge in [0.15, 0.2) is 5.69 Å². The minimum absolute atomic E-state index is 0.228. The van der Waals surface area contributed by atoms with Gasteiger partial charge < -0.3 is 26.8 Å². The Bertz CT molecular complexity index is 1400. The molecule has 0 spiro atoms. The first-order chi connectivity index (χ1) is 16.2. The molecular weight excluding hydrogens is 428 g/mol. The van der Waals surface area contributed by atoms with Crippen molar-refractivity contribution in [1.29, 1.82) is 0 Å². The number of nitrogens with one attached hydrogen (secondary N) is 2. The topological polar surface area (TPSA) is 118 Å². The van der Waals surface area contributed by atoms with E-state index in [1.54, 1.807) is 7.11 Å². The van der Waals surface area contributed by atoms with Crippen LogP contribution in [-0.4, -0.2) is 18.1 Å². The molecule has 0 bridgehead atoms. The Balaban J connectivity index is 1.61. The highest BCUT2D eigenvalue weighted by Crippen LogP contribution is 2.25. The average Bonchev–Trinajstić information content (AvgIpc) is 2.81. The van der Waals surface area contributed by atoms with Gasteiger partial charge in [-0.3, -0.25) is 0 Å². The number of ether oxygens (including phenoxy) is 1. The molecule has 0 atom stereocenters. The van der Waals surface area contributed by atoms with Gasteiger partial charge in [-0.2, -0.15) is 4.57 Å². The molecule has 4 aromatic rings. The summed E-state index contributed by atoms with van der Waals surface area (Å²) in [4.78, 5) is 9.14. The van der Waals surface area contributed by atoms with Crippen LogP contribution in [0.25, 0.3) is 10.9 Å². The molecule has 0 unspecified atom stereocenters. The van der Waals surface area contributed by atoms with Gasteiger partial charge in [0.25, 0.3) is 5.96 Å². The van der Waals surface area contributed by atoms with Gasteiger partial charge in [-0.1, -0.05) is 0 Å². The van der Waals surface area contributed by atoms with Crippen LogP contribution in [0.3, 0.4) is 0 Å². The number of guanidine groups is 1. The third kappa shape index (κ3) is 4.68. The number of fused-ring (bicyclic) bond motifs is 1. The van der Waals surface area contributed by atoms with E-state index in [4.69, 9.17) is 16.2 Å². The van der Waals surface area contributed by atoms with Gasteiger partial charge in [-0.15, -0.1) is 0 Å². The monoisotopic (exact) mass is 458 g/mol. The van der Waals surface area contributed by atoms with Crippen molar-refractivity contribution in [3.05, 3.63) is 66.0 Å². The summed E-state index contributed by atoms with van der Waals surface area (Å²) in [7, 11) is 5.55. The number of pyridine rings is 1. The molecule has 174 valence electrons. The quantitative estimate of drug-likeness (QED) is 0.207. The van der Waals surface area contributed by atoms with Crippen molar-refractivity contribution in [3.63, 3.8) is 0 Å². The van der Waals surface area contributed by atoms with Crippen LogP contribution in [0.2, 0.25) is 0 Å². The Hall–Kier alpha value is -4.40. The van der Waals surface area contributed by atoms with Gasteiger partial charge in [-0.25, -0.2) is 4.57 Å². The maximum atomic E-state index is 6.28. The van der Waals surface area contributed by atoms with E-state index in [0.717, 1.165) is 45.1 Å². The number of aromatic nitrogens is 3. The lowest BCUT2D eigenvalue weighted by molar-refractivity contribution is -0.667. The zero-order valence-corrected chi connectivity index (χ0v) is 20.0. The zero-order valence-electron chi connectivity index (χ0n) is 20.0. The van der Waals surface area contributed by atoms with E-state index in [2.05, 4.69) is 25.2 Å². The number of benzene rings is 2. The van der Waals surface area contributed by atoms with Crippen molar-refractivity contribution >= 4 is 45.7 Å². The molecule has 0 aliphatic rings. The third-order valence-electron chi connectivity index (χ3n) is 5.81. The largest absolute Gasteiger partial charge is 0.497 e. The van der Waals surface area contributed by atoms with Gasteiger partial charge in [0.1, 0.15) is 12.8 Å². The maximum Gasteiger partial charge on any atom is 0.438 e. The molecule has 0 radical (unpaired) electrons. The molecule has 0 aliphatic carbocycles. The number of methoxy groups -OCH3 is 1. The van der Waals surface area contributed by atoms with E-state index in [-0.39, 0.29) is 5.96 Å². The lowest BCUT2D eigenvalue weighted by atomic mass is 10.1. The van der Waals surface area contributed by atoms with Crippen LogP contribution in [0.4, 0.5) is 28.8 Å². The third-order valence-corrected chi connectivity index (χ3v) is 5.81. The molecule has 9 heteroatoms. The lowest BCUT2D eigenvalue weighted by Crippen LogP contribution is -2.35. The summed E-state index contributed by atoms with van der Waals surface area (Å²) in [5.74, 6) is 2.11. The van der Waals surface area contributed by atoms with Crippen molar-refractivity contribution < 1.29 is 13.9 Å². The summed E-state index contributed by atoms with van der Waals surface area (Å²) in [6.07, 6.45) is 0. The summed E-state index contributed by atoms with van der Waals surface area (Å²) in [6.45, 7) is 4.02. The molecule has 6 N–H and O–H groups in total. The van der Waals surface area contributed by atoms with Crippen molar-refractivity contribution in [2.45, 2.75) is 13.8 Å². The Labute approximate surface area is 198 Å². The number of nitrogens with two attached hydrogens (primary N) is 2. The molecule has 2 aromatic carbocycles. The standard InChI is InChI=1S/C25H28N8O/c1-15-12-21(26)20-14-18(8-11-22(20)32(15)3)28-23-13-16(2)33(4)25(30-23)31-24(27)29-17-6-9-19(34-5)10-7-17/h6-14,26H,1-5H3,(H3,27,28,29,30,31)/p+2. The Morgan fingerprint density at radius 2 is 1.62 bits per heavy atom. The molecule has 0 aliphatic heterocycles. The number of aryl methyl sites for hydroxylation is 3. The molecule has 34 heavy (non-hydrogen) atoms. The van der Waals surface area contributed by atoms with Crippen LogP contribution in [-0.2, 0) is 14.1 Å². The fourth-order valence-corrected chi connectivity index (χ4v) is 3.66. The second-order valence-electron chi connectivity index (χ2n) is 8.15. The summed E-state index contributed by atoms with van der Waals surface area (Å²) in [5.41, 5.74) is 18.0. The van der Waals surface area contributed by atoms with Crippen LogP contribution in [0.1, 0.15) is 11.4 Å². The summed E-state index contributed by atoms with van der Waals surface area (Å²) < 4.78 is 9.17. The number of aliphatic imine (C=N–C) groups is 1. The first-order valence-corrected chi connectivity index (χ1v) is 10.8. The van der Waals surface area contributed by atoms with Gasteiger partial charge in [0.05, 0.1) is 30.9 Å². The highest BCUT2D eigenvalue weighted by molar-refractivity contribution is 5.93. The molecule has 2 heterocycles. The molecular formula is C25H30N8O+2. The number of hydrogen-bond donors (Lipinski definition) is 4. The van der Waals surface area contributed by atoms with E-state index in [1.807, 2.05) is 87.1 Å². The molecule has 0 saturated carbocycles. The molecule has 0 saturated heterocycles. The minimum atomic E-state index is 0.228. The molecule has 0 fully saturated rings. The Morgan fingerprint density at radius 1 is 0.941 bits per heavy atom. The van der Waals surface area contributed by atoms with Crippen LogP contribution in [0, 0.1) is 13.8 Å². The van der Waals surface area contributed by atoms with Crippen LogP contribution >= 0.6 is 0 Å². The number of hydrogen-bond acceptors (Lipinski definition) is 5. The second kappa shape index (κ2) is 9.22. The Morgan fingerprint density at radius 3 is 2.32 bits per heavy atom. The highest BCUT2D eigenvalue weighted by atomic mass is 16.5. The van der Waals surface area contributed by atoms with E-state index in [0.29, 0.717) is 11.8 Å². The SMILES string of the molecule is COc1ccc(N/C(N)=N/c2nc(Nc3ccc4c(c3)c(N)cc(C)[n+]4C)cc(C)[n+]2C)cc1. The molecule has 2 aromatic heterocycles. The predicted octanol–water partition coefficient (Wildman–Crippen LogP) is 2.89. The van der Waals surface area contributed by atoms with Gasteiger partial charge in [0, 0.05) is 36.5 Å². The number of rotatable bonds is 5. The van der Waals surface area contributed by atoms with Gasteiger partial charge in [-0.05, 0) is 53.3 Å². The normalized spacial score (nSPS) is 11.5. The van der Waals surface area contributed by atoms with Crippen molar-refractivity contribution in [1.82, 2.24) is 4.98 Å². The average molecular weight is 459 g/mol. The summed E-state index contributed by atoms with van der Waals surface area (Å²) >= 11 is 0. The van der Waals surface area contributed by atoms with Crippen LogP contribution in [0.15, 0.2) is 59.6 Å². The zero-order chi connectivity index (χ0) is 24.4. The summed E-state index contributed by atoms with van der Waals surface area (Å²) in [5, 5.41) is 7.42. The number of nitrogens with zero attached hydrogens (tertiary/aromatic N) is 4. The lowest BCUT2D eigenvalue weighted by Gasteiger charge is -2.09. The molecule has 4 rings (SSSR count). The van der Waals surface area contributed by atoms with Crippen LogP contribution in [0.5, 0.6) is 5.75 Å². The van der Waals surface area contributed by atoms with Gasteiger partial charge >= 0.3 is 5.95 Å². The highest BCUT2D eigenvalue weighted by Gasteiger charge is 2.17. The first kappa shape index (κ1) is 22.8. The minimum Gasteiger partial charge on any atom is -0.497 e. The second-order valence-corrected chi connectivity index (χ2v) is 8.15. The van der Waals surface area contributed by atoms with Crippen molar-refractivity contribution in [2.24, 2.45) is 24.8 Å². The summed E-state index contributed by atoms with van der Waals surface area (Å²) in [6, 6.07) is 17.4. The van der Waals surface area contributed by atoms with E-state index in [1.165, 1.54) is 0 Å². The number of nitrogen functional groups attached to an aromatic ring is 1. The Kier molecular flexibility index (Phi) is 6.18. The molecule has 9 nitrogen and oxygen atoms in total. The number of anilines is 4. The fraction of sp³-hybridized carbons (Fsp3) is 0.200. The van der Waals surface area contributed by atoms with E-state index < -0.39 is 0 Å². The molecule has 0 amide bonds. The van der Waals surface area contributed by atoms with Crippen LogP contribution < -0.4 is 36.0 Å². The van der Waals surface area contributed by atoms with E-state index >= 15 is 0 Å². The first-order valence-electron chi connectivity index (χ1n) is 10.8. The maximum absolute atomic E-state index is 6.28. The van der Waals surface area contributed by atoms with E-state index in [9.17, 15) is 0 Å². The fourth-order valence-electron chi connectivity index (χ4n) is 3.66. The smallest absolute Gasteiger partial charge is 0.438 e. The van der Waals surface area contributed by atoms with Crippen molar-refractivity contribution in [3.8, 4) is 5.75 Å². The van der Waals surface area contributed by atoms with Crippen molar-refractivity contribution in [2.75, 3.05) is 23.5 Å².